The predicted molar refractivity (Wildman–Crippen MR) is 157 cm³/mol. The maximum atomic E-state index is 13.3. The Labute approximate surface area is 243 Å². The monoisotopic (exact) mass is 604 g/mol. The van der Waals surface area contributed by atoms with Gasteiger partial charge in [0.25, 0.3) is 0 Å². The van der Waals surface area contributed by atoms with Crippen LogP contribution in [0.15, 0.2) is 48.5 Å². The number of rotatable bonds is 8. The average Bonchev–Trinajstić information content (AvgIpc) is 3.35. The summed E-state index contributed by atoms with van der Waals surface area (Å²) in [7, 11) is -3.54. The zero-order chi connectivity index (χ0) is 28.3. The molecule has 40 heavy (non-hydrogen) atoms. The number of sulfonamides is 1. The van der Waals surface area contributed by atoms with E-state index in [1.807, 2.05) is 36.4 Å². The van der Waals surface area contributed by atoms with Crippen molar-refractivity contribution < 1.29 is 27.9 Å². The molecule has 1 N–H and O–H groups in total. The molecule has 2 aliphatic heterocycles. The van der Waals surface area contributed by atoms with Crippen molar-refractivity contribution in [3.63, 3.8) is 0 Å². The largest absolute Gasteiger partial charge is 0.477 e. The first-order valence-corrected chi connectivity index (χ1v) is 16.4. The van der Waals surface area contributed by atoms with Crippen LogP contribution in [0, 0.1) is 0 Å². The molecule has 0 saturated carbocycles. The van der Waals surface area contributed by atoms with Crippen LogP contribution in [-0.2, 0) is 21.4 Å². The number of carbonyl (C=O) groups excluding carboxylic acids is 1. The van der Waals surface area contributed by atoms with E-state index in [0.29, 0.717) is 48.8 Å². The van der Waals surface area contributed by atoms with Gasteiger partial charge in [0.15, 0.2) is 0 Å². The molecule has 214 valence electrons. The Morgan fingerprint density at radius 3 is 2.50 bits per heavy atom. The van der Waals surface area contributed by atoms with Crippen LogP contribution in [0.5, 0.6) is 0 Å². The van der Waals surface area contributed by atoms with Gasteiger partial charge in [0.2, 0.25) is 10.0 Å². The minimum Gasteiger partial charge on any atom is -0.477 e. The molecule has 0 bridgehead atoms. The summed E-state index contributed by atoms with van der Waals surface area (Å²) in [4.78, 5) is 26.8. The van der Waals surface area contributed by atoms with E-state index < -0.39 is 22.1 Å². The first-order valence-electron chi connectivity index (χ1n) is 13.6. The third kappa shape index (κ3) is 6.46. The van der Waals surface area contributed by atoms with Crippen LogP contribution in [0.4, 0.5) is 4.79 Å². The summed E-state index contributed by atoms with van der Waals surface area (Å²) >= 11 is 7.45. The van der Waals surface area contributed by atoms with Crippen molar-refractivity contribution in [2.75, 3.05) is 25.4 Å². The summed E-state index contributed by atoms with van der Waals surface area (Å²) in [6.07, 6.45) is 3.62. The van der Waals surface area contributed by atoms with Gasteiger partial charge < -0.3 is 14.7 Å². The SMILES string of the molecule is O=C(O)c1sc2ccc(Cl)cc2c1C1CCN(S(=O)(=O)CCC2CCCCN2C(=O)OCc2ccccc2)CC1. The number of ether oxygens (including phenoxy) is 1. The van der Waals surface area contributed by atoms with Gasteiger partial charge in [-0.05, 0) is 79.2 Å². The van der Waals surface area contributed by atoms with Gasteiger partial charge in [0, 0.05) is 35.4 Å². The molecule has 3 heterocycles. The Morgan fingerprint density at radius 2 is 1.77 bits per heavy atom. The van der Waals surface area contributed by atoms with Gasteiger partial charge in [0.05, 0.1) is 5.75 Å². The highest BCUT2D eigenvalue weighted by molar-refractivity contribution is 7.89. The number of nitrogens with zero attached hydrogens (tertiary/aromatic N) is 2. The standard InChI is InChI=1S/C29H33ClN2O6S2/c30-22-9-10-25-24(18-22)26(27(39-25)28(33)34)21-11-15-31(16-12-21)40(36,37)17-13-23-8-4-5-14-32(23)29(35)38-19-20-6-2-1-3-7-20/h1-3,6-7,9-10,18,21,23H,4-5,8,11-17,19H2,(H,33,34). The van der Waals surface area contributed by atoms with Crippen LogP contribution in [0.25, 0.3) is 10.1 Å². The lowest BCUT2D eigenvalue weighted by Crippen LogP contribution is -2.46. The van der Waals surface area contributed by atoms with Gasteiger partial charge >= 0.3 is 12.1 Å². The van der Waals surface area contributed by atoms with E-state index in [0.717, 1.165) is 40.5 Å². The van der Waals surface area contributed by atoms with Crippen LogP contribution in [0.1, 0.15) is 65.2 Å². The second-order valence-electron chi connectivity index (χ2n) is 10.5. The Hall–Kier alpha value is -2.66. The molecule has 1 amide bonds. The van der Waals surface area contributed by atoms with Crippen LogP contribution >= 0.6 is 22.9 Å². The Morgan fingerprint density at radius 1 is 1.02 bits per heavy atom. The highest BCUT2D eigenvalue weighted by Crippen LogP contribution is 2.42. The van der Waals surface area contributed by atoms with Crippen molar-refractivity contribution in [2.24, 2.45) is 0 Å². The van der Waals surface area contributed by atoms with Gasteiger partial charge in [0.1, 0.15) is 11.5 Å². The fourth-order valence-corrected chi connectivity index (χ4v) is 8.71. The Kier molecular flexibility index (Phi) is 8.99. The van der Waals surface area contributed by atoms with Gasteiger partial charge in [-0.15, -0.1) is 11.3 Å². The Bertz CT molecular complexity index is 1470. The summed E-state index contributed by atoms with van der Waals surface area (Å²) in [5, 5.41) is 11.2. The molecule has 8 nitrogen and oxygen atoms in total. The number of thiophene rings is 1. The number of hydrogen-bond acceptors (Lipinski definition) is 6. The molecule has 11 heteroatoms. The minimum absolute atomic E-state index is 0.0395. The summed E-state index contributed by atoms with van der Waals surface area (Å²) in [5.41, 5.74) is 1.67. The zero-order valence-corrected chi connectivity index (χ0v) is 24.5. The van der Waals surface area contributed by atoms with Crippen LogP contribution in [0.2, 0.25) is 5.02 Å². The topological polar surface area (TPSA) is 104 Å². The summed E-state index contributed by atoms with van der Waals surface area (Å²) < 4.78 is 34.6. The highest BCUT2D eigenvalue weighted by atomic mass is 35.5. The number of carboxylic acid groups (broad SMARTS) is 1. The number of halogens is 1. The van der Waals surface area contributed by atoms with Gasteiger partial charge in [-0.1, -0.05) is 41.9 Å². The van der Waals surface area contributed by atoms with Crippen LogP contribution in [-0.4, -0.2) is 66.2 Å². The normalized spacial score (nSPS) is 19.1. The van der Waals surface area contributed by atoms with Crippen molar-refractivity contribution in [1.82, 2.24) is 9.21 Å². The number of carboxylic acids is 1. The number of fused-ring (bicyclic) bond motifs is 1. The summed E-state index contributed by atoms with van der Waals surface area (Å²) in [6, 6.07) is 14.7. The lowest BCUT2D eigenvalue weighted by atomic mass is 9.88. The van der Waals surface area contributed by atoms with Gasteiger partial charge in [-0.3, -0.25) is 0 Å². The molecule has 2 aromatic carbocycles. The van der Waals surface area contributed by atoms with Crippen molar-refractivity contribution in [3.05, 3.63) is 69.6 Å². The molecule has 3 aromatic rings. The van der Waals surface area contributed by atoms with E-state index in [9.17, 15) is 23.1 Å². The number of hydrogen-bond donors (Lipinski definition) is 1. The molecule has 0 aliphatic carbocycles. The van der Waals surface area contributed by atoms with E-state index in [-0.39, 0.29) is 24.3 Å². The molecule has 0 spiro atoms. The van der Waals surface area contributed by atoms with Crippen LogP contribution < -0.4 is 0 Å². The lowest BCUT2D eigenvalue weighted by Gasteiger charge is -2.36. The number of amides is 1. The van der Waals surface area contributed by atoms with E-state index >= 15 is 0 Å². The molecule has 2 aliphatic rings. The summed E-state index contributed by atoms with van der Waals surface area (Å²) in [6.45, 7) is 1.41. The highest BCUT2D eigenvalue weighted by Gasteiger charge is 2.34. The van der Waals surface area contributed by atoms with E-state index in [1.165, 1.54) is 15.6 Å². The molecule has 1 aromatic heterocycles. The predicted octanol–water partition coefficient (Wildman–Crippen LogP) is 6.34. The minimum atomic E-state index is -3.54. The summed E-state index contributed by atoms with van der Waals surface area (Å²) in [5.74, 6) is -1.07. The van der Waals surface area contributed by atoms with Crippen molar-refractivity contribution >= 4 is 55.1 Å². The fourth-order valence-electron chi connectivity index (χ4n) is 5.83. The first kappa shape index (κ1) is 28.9. The maximum absolute atomic E-state index is 13.3. The van der Waals surface area contributed by atoms with E-state index in [1.54, 1.807) is 17.0 Å². The third-order valence-electron chi connectivity index (χ3n) is 7.91. The zero-order valence-electron chi connectivity index (χ0n) is 22.1. The van der Waals surface area contributed by atoms with E-state index in [4.69, 9.17) is 16.3 Å². The maximum Gasteiger partial charge on any atom is 0.410 e. The third-order valence-corrected chi connectivity index (χ3v) is 11.2. The second kappa shape index (κ2) is 12.5. The molecule has 2 fully saturated rings. The van der Waals surface area contributed by atoms with Gasteiger partial charge in [-0.2, -0.15) is 0 Å². The van der Waals surface area contributed by atoms with Crippen molar-refractivity contribution in [1.29, 1.82) is 0 Å². The molecular formula is C29H33ClN2O6S2. The molecule has 1 unspecified atom stereocenters. The smallest absolute Gasteiger partial charge is 0.410 e. The van der Waals surface area contributed by atoms with Crippen molar-refractivity contribution in [3.8, 4) is 0 Å². The average molecular weight is 605 g/mol. The lowest BCUT2D eigenvalue weighted by molar-refractivity contribution is 0.0671. The first-order chi connectivity index (χ1) is 19.2. The van der Waals surface area contributed by atoms with Crippen molar-refractivity contribution in [2.45, 2.75) is 57.1 Å². The van der Waals surface area contributed by atoms with Crippen LogP contribution in [0.3, 0.4) is 0 Å². The number of carbonyl (C=O) groups is 2. The fraction of sp³-hybridized carbons (Fsp3) is 0.448. The molecule has 0 radical (unpaired) electrons. The molecular weight excluding hydrogens is 572 g/mol. The molecule has 5 rings (SSSR count). The quantitative estimate of drug-likeness (QED) is 0.322. The molecule has 2 saturated heterocycles. The number of piperidine rings is 2. The Balaban J connectivity index is 1.19. The molecule has 1 atom stereocenters. The van der Waals surface area contributed by atoms with E-state index in [2.05, 4.69) is 0 Å². The number of aromatic carboxylic acids is 1. The van der Waals surface area contributed by atoms with Gasteiger partial charge in [-0.25, -0.2) is 22.3 Å². The second-order valence-corrected chi connectivity index (χ2v) is 14.0. The number of likely N-dealkylation sites (tertiary alicyclic amines) is 1. The number of benzene rings is 2.